The number of esters is 1. The zero-order valence-electron chi connectivity index (χ0n) is 15.3. The van der Waals surface area contributed by atoms with Crippen LogP contribution in [0.25, 0.3) is 0 Å². The number of hydrogen-bond donors (Lipinski definition) is 0. The highest BCUT2D eigenvalue weighted by Crippen LogP contribution is 2.41. The summed E-state index contributed by atoms with van der Waals surface area (Å²) in [4.78, 5) is 31.3. The van der Waals surface area contributed by atoms with Crippen LogP contribution in [0.15, 0.2) is 52.9 Å². The van der Waals surface area contributed by atoms with E-state index in [9.17, 15) is 14.9 Å². The lowest BCUT2D eigenvalue weighted by Crippen LogP contribution is -2.30. The average molecular weight is 407 g/mol. The van der Waals surface area contributed by atoms with Gasteiger partial charge in [0.25, 0.3) is 5.09 Å². The van der Waals surface area contributed by atoms with E-state index in [0.717, 1.165) is 16.7 Å². The van der Waals surface area contributed by atoms with Crippen molar-refractivity contribution in [1.29, 1.82) is 0 Å². The van der Waals surface area contributed by atoms with Crippen molar-refractivity contribution in [3.05, 3.63) is 68.6 Å². The molecule has 0 saturated carbocycles. The van der Waals surface area contributed by atoms with Crippen LogP contribution in [-0.2, 0) is 19.1 Å². The molecular weight excluding hydrogens is 388 g/mol. The molecule has 0 N–H and O–H groups in total. The maximum atomic E-state index is 12.2. The topological polar surface area (TPSA) is 100 Å². The summed E-state index contributed by atoms with van der Waals surface area (Å²) in [7, 11) is 0. The van der Waals surface area contributed by atoms with Gasteiger partial charge in [-0.2, -0.15) is 0 Å². The lowest BCUT2D eigenvalue weighted by atomic mass is 9.92. The number of benzene rings is 1. The van der Waals surface area contributed by atoms with Gasteiger partial charge in [-0.3, -0.25) is 9.79 Å². The van der Waals surface area contributed by atoms with Gasteiger partial charge in [0.1, 0.15) is 12.2 Å². The Balaban J connectivity index is 1.65. The standard InChI is InChI=1S/C19H19ClN2O6/c1-11(28-22(24)25)3-8-17(23)27-18-12(2)21-9-15-16(18)10-26-19(15)13-4-6-14(20)7-5-13/h4-7,9-11,18-19H,3,8H2,1-2H3. The molecule has 2 aliphatic rings. The fraction of sp³-hybridized carbons (Fsp3) is 0.368. The van der Waals surface area contributed by atoms with Gasteiger partial charge in [0.2, 0.25) is 0 Å². The lowest BCUT2D eigenvalue weighted by molar-refractivity contribution is -0.767. The van der Waals surface area contributed by atoms with E-state index < -0.39 is 23.3 Å². The molecule has 0 spiro atoms. The number of halogens is 1. The third-order valence-corrected chi connectivity index (χ3v) is 4.71. The van der Waals surface area contributed by atoms with Crippen molar-refractivity contribution < 1.29 is 24.2 Å². The highest BCUT2D eigenvalue weighted by Gasteiger charge is 2.37. The highest BCUT2D eigenvalue weighted by atomic mass is 35.5. The predicted octanol–water partition coefficient (Wildman–Crippen LogP) is 3.94. The molecule has 9 heteroatoms. The molecule has 28 heavy (non-hydrogen) atoms. The second-order valence-corrected chi connectivity index (χ2v) is 6.98. The Labute approximate surface area is 166 Å². The Kier molecular flexibility index (Phi) is 5.99. The second kappa shape index (κ2) is 8.43. The molecule has 1 aromatic carbocycles. The minimum atomic E-state index is -0.872. The van der Waals surface area contributed by atoms with Crippen LogP contribution < -0.4 is 0 Å². The Morgan fingerprint density at radius 1 is 1.36 bits per heavy atom. The molecule has 0 fully saturated rings. The first-order valence-corrected chi connectivity index (χ1v) is 9.09. The SMILES string of the molecule is CC1=NC=C2C(=COC2c2ccc(Cl)cc2)C1OC(=O)CCC(C)O[N+](=O)[O-]. The summed E-state index contributed by atoms with van der Waals surface area (Å²) in [6.45, 7) is 3.29. The fourth-order valence-corrected chi connectivity index (χ4v) is 3.14. The van der Waals surface area contributed by atoms with Crippen molar-refractivity contribution in [3.8, 4) is 0 Å². The molecule has 2 heterocycles. The zero-order chi connectivity index (χ0) is 20.3. The molecule has 3 atom stereocenters. The molecule has 148 valence electrons. The van der Waals surface area contributed by atoms with Crippen molar-refractivity contribution in [2.45, 2.75) is 45.0 Å². The Morgan fingerprint density at radius 2 is 2.07 bits per heavy atom. The molecule has 0 saturated heterocycles. The van der Waals surface area contributed by atoms with E-state index >= 15 is 0 Å². The molecule has 0 aromatic heterocycles. The molecule has 0 aliphatic carbocycles. The zero-order valence-corrected chi connectivity index (χ0v) is 16.1. The predicted molar refractivity (Wildman–Crippen MR) is 101 cm³/mol. The van der Waals surface area contributed by atoms with E-state index in [2.05, 4.69) is 9.83 Å². The Hall–Kier alpha value is -2.87. The second-order valence-electron chi connectivity index (χ2n) is 6.54. The Bertz CT molecular complexity index is 862. The van der Waals surface area contributed by atoms with Gasteiger partial charge in [-0.05, 0) is 38.0 Å². The van der Waals surface area contributed by atoms with Crippen molar-refractivity contribution >= 4 is 23.3 Å². The quantitative estimate of drug-likeness (QED) is 0.386. The van der Waals surface area contributed by atoms with E-state index in [-0.39, 0.29) is 18.9 Å². The van der Waals surface area contributed by atoms with Crippen molar-refractivity contribution in [2.24, 2.45) is 4.99 Å². The first-order chi connectivity index (χ1) is 13.3. The first kappa shape index (κ1) is 19.9. The van der Waals surface area contributed by atoms with Crippen LogP contribution in [0.1, 0.15) is 38.4 Å². The number of nitrogens with zero attached hydrogens (tertiary/aromatic N) is 2. The minimum Gasteiger partial charge on any atom is -0.488 e. The largest absolute Gasteiger partial charge is 0.488 e. The van der Waals surface area contributed by atoms with Crippen LogP contribution in [-0.4, -0.2) is 29.0 Å². The normalized spacial score (nSPS) is 21.5. The summed E-state index contributed by atoms with van der Waals surface area (Å²) in [6, 6.07) is 7.30. The molecule has 0 radical (unpaired) electrons. The van der Waals surface area contributed by atoms with Crippen LogP contribution in [0.4, 0.5) is 0 Å². The number of aliphatic imine (C=N–C) groups is 1. The number of rotatable bonds is 7. The van der Waals surface area contributed by atoms with Crippen LogP contribution in [0.3, 0.4) is 0 Å². The van der Waals surface area contributed by atoms with Crippen LogP contribution in [0, 0.1) is 10.1 Å². The Morgan fingerprint density at radius 3 is 2.75 bits per heavy atom. The third kappa shape index (κ3) is 4.51. The van der Waals surface area contributed by atoms with E-state index in [1.165, 1.54) is 6.92 Å². The van der Waals surface area contributed by atoms with Crippen molar-refractivity contribution in [2.75, 3.05) is 0 Å². The van der Waals surface area contributed by atoms with Gasteiger partial charge >= 0.3 is 5.97 Å². The average Bonchev–Trinajstić information content (AvgIpc) is 3.07. The van der Waals surface area contributed by atoms with Gasteiger partial charge in [-0.15, -0.1) is 10.1 Å². The number of carbonyl (C=O) groups is 1. The van der Waals surface area contributed by atoms with Gasteiger partial charge in [0.05, 0.1) is 12.0 Å². The van der Waals surface area contributed by atoms with Crippen LogP contribution in [0.2, 0.25) is 5.02 Å². The van der Waals surface area contributed by atoms with Gasteiger partial charge in [0, 0.05) is 28.8 Å². The van der Waals surface area contributed by atoms with Gasteiger partial charge in [0.15, 0.2) is 6.10 Å². The minimum absolute atomic E-state index is 0.00736. The fourth-order valence-electron chi connectivity index (χ4n) is 3.01. The molecule has 8 nitrogen and oxygen atoms in total. The lowest BCUT2D eigenvalue weighted by Gasteiger charge is -2.24. The summed E-state index contributed by atoms with van der Waals surface area (Å²) in [6.07, 6.45) is 1.77. The van der Waals surface area contributed by atoms with E-state index in [0.29, 0.717) is 10.7 Å². The third-order valence-electron chi connectivity index (χ3n) is 4.46. The molecule has 0 bridgehead atoms. The summed E-state index contributed by atoms with van der Waals surface area (Å²) in [5.74, 6) is -0.490. The van der Waals surface area contributed by atoms with Crippen LogP contribution in [0.5, 0.6) is 0 Å². The monoisotopic (exact) mass is 406 g/mol. The van der Waals surface area contributed by atoms with E-state index in [4.69, 9.17) is 21.1 Å². The summed E-state index contributed by atoms with van der Waals surface area (Å²) in [5, 5.41) is 10.1. The maximum absolute atomic E-state index is 12.2. The smallest absolute Gasteiger partial charge is 0.306 e. The number of fused-ring (bicyclic) bond motifs is 1. The molecule has 1 aromatic rings. The maximum Gasteiger partial charge on any atom is 0.306 e. The van der Waals surface area contributed by atoms with Gasteiger partial charge < -0.3 is 14.3 Å². The molecule has 3 rings (SSSR count). The van der Waals surface area contributed by atoms with Crippen LogP contribution >= 0.6 is 11.6 Å². The van der Waals surface area contributed by atoms with E-state index in [1.807, 2.05) is 12.1 Å². The molecule has 2 aliphatic heterocycles. The molecule has 3 unspecified atom stereocenters. The van der Waals surface area contributed by atoms with E-state index in [1.54, 1.807) is 31.5 Å². The number of hydrogen-bond acceptors (Lipinski definition) is 7. The summed E-state index contributed by atoms with van der Waals surface area (Å²) >= 11 is 5.94. The van der Waals surface area contributed by atoms with Crippen molar-refractivity contribution in [3.63, 3.8) is 0 Å². The molecular formula is C19H19ClN2O6. The van der Waals surface area contributed by atoms with Gasteiger partial charge in [-0.25, -0.2) is 0 Å². The summed E-state index contributed by atoms with van der Waals surface area (Å²) < 4.78 is 11.4. The molecule has 0 amide bonds. The van der Waals surface area contributed by atoms with Crippen molar-refractivity contribution in [1.82, 2.24) is 0 Å². The highest BCUT2D eigenvalue weighted by molar-refractivity contribution is 6.30. The summed E-state index contributed by atoms with van der Waals surface area (Å²) in [5.41, 5.74) is 3.08. The first-order valence-electron chi connectivity index (χ1n) is 8.71. The number of ether oxygens (including phenoxy) is 2. The van der Waals surface area contributed by atoms with Gasteiger partial charge in [-0.1, -0.05) is 23.7 Å². The number of carbonyl (C=O) groups excluding carboxylic acids is 1.